The maximum absolute atomic E-state index is 13.0. The second-order valence-electron chi connectivity index (χ2n) is 5.64. The van der Waals surface area contributed by atoms with E-state index in [1.165, 1.54) is 0 Å². The molecule has 0 radical (unpaired) electrons. The molecule has 0 unspecified atom stereocenters. The number of hydrogen-bond donors (Lipinski definition) is 1. The van der Waals surface area contributed by atoms with E-state index in [-0.39, 0.29) is 11.8 Å². The standard InChI is InChI=1S/C15H16BrClN2O2/c16-11-9-10(17)3-4-12(11)19-8-5-13(20)18-15(14(19)21)6-1-2-7-15/h3-4,9H,1-2,5-8H2,(H,18,20). The second-order valence-corrected chi connectivity index (χ2v) is 6.93. The maximum atomic E-state index is 13.0. The van der Waals surface area contributed by atoms with Crippen molar-refractivity contribution in [2.24, 2.45) is 0 Å². The fraction of sp³-hybridized carbons (Fsp3) is 0.467. The quantitative estimate of drug-likeness (QED) is 0.823. The molecular formula is C15H16BrClN2O2. The highest BCUT2D eigenvalue weighted by atomic mass is 79.9. The van der Waals surface area contributed by atoms with E-state index >= 15 is 0 Å². The summed E-state index contributed by atoms with van der Waals surface area (Å²) in [5.74, 6) is -0.0493. The van der Waals surface area contributed by atoms with E-state index in [0.29, 0.717) is 18.0 Å². The summed E-state index contributed by atoms with van der Waals surface area (Å²) in [6.07, 6.45) is 3.71. The Balaban J connectivity index is 2.00. The van der Waals surface area contributed by atoms with E-state index in [1.807, 2.05) is 6.07 Å². The van der Waals surface area contributed by atoms with Gasteiger partial charge in [-0.2, -0.15) is 0 Å². The van der Waals surface area contributed by atoms with Crippen LogP contribution in [0.4, 0.5) is 5.69 Å². The smallest absolute Gasteiger partial charge is 0.252 e. The SMILES string of the molecule is O=C1CCN(c2ccc(Cl)cc2Br)C(=O)C2(CCCC2)N1. The van der Waals surface area contributed by atoms with E-state index in [1.54, 1.807) is 17.0 Å². The van der Waals surface area contributed by atoms with Crippen LogP contribution in [-0.2, 0) is 9.59 Å². The molecule has 2 fully saturated rings. The van der Waals surface area contributed by atoms with Crippen molar-refractivity contribution in [3.8, 4) is 0 Å². The predicted octanol–water partition coefficient (Wildman–Crippen LogP) is 3.27. The third-order valence-corrected chi connectivity index (χ3v) is 5.12. The van der Waals surface area contributed by atoms with Crippen molar-refractivity contribution in [1.29, 1.82) is 0 Å². The van der Waals surface area contributed by atoms with E-state index in [4.69, 9.17) is 11.6 Å². The zero-order valence-electron chi connectivity index (χ0n) is 11.5. The molecule has 1 spiro atoms. The topological polar surface area (TPSA) is 49.4 Å². The van der Waals surface area contributed by atoms with Gasteiger partial charge in [0.2, 0.25) is 5.91 Å². The predicted molar refractivity (Wildman–Crippen MR) is 85.5 cm³/mol. The molecular weight excluding hydrogens is 356 g/mol. The average molecular weight is 372 g/mol. The molecule has 1 saturated carbocycles. The Kier molecular flexibility index (Phi) is 3.97. The normalized spacial score (nSPS) is 21.5. The van der Waals surface area contributed by atoms with E-state index < -0.39 is 5.54 Å². The number of rotatable bonds is 1. The lowest BCUT2D eigenvalue weighted by Crippen LogP contribution is -2.55. The Morgan fingerprint density at radius 1 is 1.24 bits per heavy atom. The number of carbonyl (C=O) groups excluding carboxylic acids is 2. The van der Waals surface area contributed by atoms with E-state index in [0.717, 1.165) is 35.8 Å². The zero-order chi connectivity index (χ0) is 15.0. The Morgan fingerprint density at radius 2 is 1.95 bits per heavy atom. The molecule has 4 nitrogen and oxygen atoms in total. The molecule has 1 saturated heterocycles. The first kappa shape index (κ1) is 14.9. The first-order chi connectivity index (χ1) is 10.0. The number of amides is 2. The van der Waals surface area contributed by atoms with Gasteiger partial charge in [-0.3, -0.25) is 9.59 Å². The third kappa shape index (κ3) is 2.69. The zero-order valence-corrected chi connectivity index (χ0v) is 13.8. The summed E-state index contributed by atoms with van der Waals surface area (Å²) in [6, 6.07) is 5.35. The molecule has 1 N–H and O–H groups in total. The van der Waals surface area contributed by atoms with E-state index in [9.17, 15) is 9.59 Å². The average Bonchev–Trinajstić information content (AvgIpc) is 2.85. The van der Waals surface area contributed by atoms with Crippen LogP contribution in [0.15, 0.2) is 22.7 Å². The van der Waals surface area contributed by atoms with Crippen LogP contribution < -0.4 is 10.2 Å². The van der Waals surface area contributed by atoms with Gasteiger partial charge in [0.25, 0.3) is 5.91 Å². The van der Waals surface area contributed by atoms with Crippen molar-refractivity contribution in [2.45, 2.75) is 37.6 Å². The molecule has 21 heavy (non-hydrogen) atoms. The van der Waals surface area contributed by atoms with Gasteiger partial charge in [0.15, 0.2) is 0 Å². The summed E-state index contributed by atoms with van der Waals surface area (Å²) in [6.45, 7) is 0.395. The first-order valence-electron chi connectivity index (χ1n) is 7.10. The van der Waals surface area contributed by atoms with E-state index in [2.05, 4.69) is 21.2 Å². The number of nitrogens with zero attached hydrogens (tertiary/aromatic N) is 1. The third-order valence-electron chi connectivity index (χ3n) is 4.25. The maximum Gasteiger partial charge on any atom is 0.252 e. The van der Waals surface area contributed by atoms with Crippen LogP contribution >= 0.6 is 27.5 Å². The van der Waals surface area contributed by atoms with Crippen LogP contribution in [0.3, 0.4) is 0 Å². The van der Waals surface area contributed by atoms with Crippen LogP contribution in [0.5, 0.6) is 0 Å². The van der Waals surface area contributed by atoms with Crippen molar-refractivity contribution in [2.75, 3.05) is 11.4 Å². The van der Waals surface area contributed by atoms with Crippen molar-refractivity contribution in [3.05, 3.63) is 27.7 Å². The molecule has 1 aromatic carbocycles. The Bertz CT molecular complexity index is 599. The van der Waals surface area contributed by atoms with Crippen LogP contribution in [0.1, 0.15) is 32.1 Å². The minimum absolute atomic E-state index is 0.00567. The summed E-state index contributed by atoms with van der Waals surface area (Å²) in [5, 5.41) is 3.57. The molecule has 1 heterocycles. The van der Waals surface area contributed by atoms with Gasteiger partial charge in [-0.1, -0.05) is 24.4 Å². The fourth-order valence-corrected chi connectivity index (χ4v) is 4.10. The van der Waals surface area contributed by atoms with Gasteiger partial charge < -0.3 is 10.2 Å². The number of hydrogen-bond acceptors (Lipinski definition) is 2. The summed E-state index contributed by atoms with van der Waals surface area (Å²) in [7, 11) is 0. The molecule has 1 aliphatic heterocycles. The summed E-state index contributed by atoms with van der Waals surface area (Å²) < 4.78 is 0.769. The summed E-state index contributed by atoms with van der Waals surface area (Å²) >= 11 is 9.43. The Labute approximate surface area is 137 Å². The van der Waals surface area contributed by atoms with Crippen molar-refractivity contribution < 1.29 is 9.59 Å². The van der Waals surface area contributed by atoms with Gasteiger partial charge in [0.05, 0.1) is 5.69 Å². The lowest BCUT2D eigenvalue weighted by atomic mass is 9.95. The summed E-state index contributed by atoms with van der Waals surface area (Å²) in [4.78, 5) is 26.7. The van der Waals surface area contributed by atoms with Crippen LogP contribution in [0.25, 0.3) is 0 Å². The largest absolute Gasteiger partial charge is 0.342 e. The van der Waals surface area contributed by atoms with Gasteiger partial charge in [-0.15, -0.1) is 0 Å². The van der Waals surface area contributed by atoms with Gasteiger partial charge in [-0.25, -0.2) is 0 Å². The minimum atomic E-state index is -0.716. The van der Waals surface area contributed by atoms with Crippen molar-refractivity contribution in [1.82, 2.24) is 5.32 Å². The van der Waals surface area contributed by atoms with Crippen LogP contribution in [0.2, 0.25) is 5.02 Å². The lowest BCUT2D eigenvalue weighted by Gasteiger charge is -2.32. The molecule has 0 aromatic heterocycles. The first-order valence-corrected chi connectivity index (χ1v) is 8.27. The molecule has 0 atom stereocenters. The van der Waals surface area contributed by atoms with Gasteiger partial charge in [0.1, 0.15) is 5.54 Å². The van der Waals surface area contributed by atoms with Crippen LogP contribution in [-0.4, -0.2) is 23.9 Å². The molecule has 1 aromatic rings. The van der Waals surface area contributed by atoms with Crippen molar-refractivity contribution >= 4 is 45.0 Å². The van der Waals surface area contributed by atoms with Crippen LogP contribution in [0, 0.1) is 0 Å². The summed E-state index contributed by atoms with van der Waals surface area (Å²) in [5.41, 5.74) is 0.0549. The van der Waals surface area contributed by atoms with Gasteiger partial charge in [0, 0.05) is 22.5 Å². The monoisotopic (exact) mass is 370 g/mol. The number of nitrogens with one attached hydrogen (secondary N) is 1. The molecule has 0 bridgehead atoms. The van der Waals surface area contributed by atoms with Gasteiger partial charge in [-0.05, 0) is 47.0 Å². The van der Waals surface area contributed by atoms with Gasteiger partial charge >= 0.3 is 0 Å². The number of benzene rings is 1. The molecule has 112 valence electrons. The Morgan fingerprint density at radius 3 is 2.62 bits per heavy atom. The molecule has 6 heteroatoms. The Hall–Kier alpha value is -1.07. The van der Waals surface area contributed by atoms with Crippen molar-refractivity contribution in [3.63, 3.8) is 0 Å². The fourth-order valence-electron chi connectivity index (χ4n) is 3.20. The highest BCUT2D eigenvalue weighted by Gasteiger charge is 2.46. The number of halogens is 2. The lowest BCUT2D eigenvalue weighted by molar-refractivity contribution is -0.129. The highest BCUT2D eigenvalue weighted by Crippen LogP contribution is 2.37. The molecule has 1 aliphatic carbocycles. The second kappa shape index (κ2) is 5.61. The minimum Gasteiger partial charge on any atom is -0.342 e. The molecule has 2 amide bonds. The number of anilines is 1. The molecule has 2 aliphatic rings. The highest BCUT2D eigenvalue weighted by molar-refractivity contribution is 9.10. The molecule has 3 rings (SSSR count). The number of carbonyl (C=O) groups is 2.